The number of carbonyl (C=O) groups is 1. The molecular weight excluding hydrogens is 349 g/mol. The van der Waals surface area contributed by atoms with Gasteiger partial charge in [0, 0.05) is 43.5 Å². The highest BCUT2D eigenvalue weighted by molar-refractivity contribution is 5.93. The smallest absolute Gasteiger partial charge is 0.224 e. The zero-order chi connectivity index (χ0) is 18.8. The topological polar surface area (TPSA) is 74.7 Å². The number of anilines is 1. The largest absolute Gasteiger partial charge is 0.488 e. The number of pyridine rings is 1. The molecule has 6 nitrogen and oxygen atoms in total. The van der Waals surface area contributed by atoms with Crippen molar-refractivity contribution in [3.05, 3.63) is 53.6 Å². The minimum absolute atomic E-state index is 0.0320. The van der Waals surface area contributed by atoms with Gasteiger partial charge in [0.05, 0.1) is 6.20 Å². The van der Waals surface area contributed by atoms with Crippen molar-refractivity contribution >= 4 is 11.6 Å². The van der Waals surface area contributed by atoms with Crippen LogP contribution in [0, 0.1) is 5.82 Å². The Bertz CT molecular complexity index is 845. The Kier molecular flexibility index (Phi) is 5.05. The predicted molar refractivity (Wildman–Crippen MR) is 97.9 cm³/mol. The summed E-state index contributed by atoms with van der Waals surface area (Å²) in [6, 6.07) is 7.25. The van der Waals surface area contributed by atoms with Crippen LogP contribution < -0.4 is 10.1 Å². The van der Waals surface area contributed by atoms with E-state index in [0.717, 1.165) is 11.3 Å². The number of hydrogen-bond donors (Lipinski definition) is 2. The summed E-state index contributed by atoms with van der Waals surface area (Å²) in [5.74, 6) is 0.402. The maximum atomic E-state index is 13.8. The van der Waals surface area contributed by atoms with Crippen LogP contribution in [0.15, 0.2) is 36.7 Å². The molecule has 0 radical (unpaired) electrons. The molecule has 1 saturated heterocycles. The molecule has 3 heterocycles. The maximum Gasteiger partial charge on any atom is 0.224 e. The number of likely N-dealkylation sites (tertiary alicyclic amines) is 1. The fourth-order valence-corrected chi connectivity index (χ4v) is 3.64. The van der Waals surface area contributed by atoms with Crippen LogP contribution in [0.3, 0.4) is 0 Å². The van der Waals surface area contributed by atoms with Gasteiger partial charge in [0.25, 0.3) is 0 Å². The lowest BCUT2D eigenvalue weighted by Crippen LogP contribution is -2.48. The van der Waals surface area contributed by atoms with Crippen LogP contribution in [0.4, 0.5) is 10.1 Å². The zero-order valence-corrected chi connectivity index (χ0v) is 14.9. The number of nitrogens with one attached hydrogen (secondary N) is 1. The number of aliphatic hydroxyl groups excluding tert-OH is 1. The first-order valence-corrected chi connectivity index (χ1v) is 9.17. The van der Waals surface area contributed by atoms with Crippen molar-refractivity contribution in [2.75, 3.05) is 18.4 Å². The number of rotatable bonds is 4. The summed E-state index contributed by atoms with van der Waals surface area (Å²) in [4.78, 5) is 17.2. The second-order valence-electron chi connectivity index (χ2n) is 7.08. The molecule has 2 aliphatic rings. The van der Waals surface area contributed by atoms with Gasteiger partial charge in [-0.05, 0) is 42.7 Å². The standard InChI is InChI=1S/C20H22FN3O3/c21-16-10-22-7-5-14(16)11-24-8-6-19(18(25)12-24)27-15-2-3-17-13(9-15)1-4-20(26)23-17/h2-3,5,7,9-10,18-19,25H,1,4,6,8,11-12H2,(H,23,26)/t18-,19-/m1/s1. The lowest BCUT2D eigenvalue weighted by Gasteiger charge is -2.36. The van der Waals surface area contributed by atoms with Gasteiger partial charge in [-0.1, -0.05) is 0 Å². The Balaban J connectivity index is 1.36. The number of hydrogen-bond acceptors (Lipinski definition) is 5. The average molecular weight is 371 g/mol. The second-order valence-corrected chi connectivity index (χ2v) is 7.08. The molecule has 1 fully saturated rings. The molecule has 2 aliphatic heterocycles. The van der Waals surface area contributed by atoms with Crippen molar-refractivity contribution in [2.24, 2.45) is 0 Å². The van der Waals surface area contributed by atoms with Crippen molar-refractivity contribution in [1.82, 2.24) is 9.88 Å². The van der Waals surface area contributed by atoms with E-state index in [0.29, 0.717) is 50.2 Å². The number of piperidine rings is 1. The molecular formula is C20H22FN3O3. The summed E-state index contributed by atoms with van der Waals surface area (Å²) < 4.78 is 19.8. The minimum atomic E-state index is -0.653. The van der Waals surface area contributed by atoms with Gasteiger partial charge in [0.1, 0.15) is 23.8 Å². The van der Waals surface area contributed by atoms with Crippen LogP contribution in [-0.4, -0.2) is 46.2 Å². The lowest BCUT2D eigenvalue weighted by atomic mass is 10.0. The molecule has 1 amide bonds. The SMILES string of the molecule is O=C1CCc2cc(O[C@@H]3CCN(Cc4ccncc4F)C[C@H]3O)ccc2N1. The summed E-state index contributed by atoms with van der Waals surface area (Å²) in [5, 5.41) is 13.3. The molecule has 0 aliphatic carbocycles. The first kappa shape index (κ1) is 17.9. The molecule has 27 heavy (non-hydrogen) atoms. The molecule has 0 bridgehead atoms. The highest BCUT2D eigenvalue weighted by atomic mass is 19.1. The first-order chi connectivity index (χ1) is 13.1. The molecule has 1 aromatic carbocycles. The minimum Gasteiger partial charge on any atom is -0.488 e. The van der Waals surface area contributed by atoms with Gasteiger partial charge in [-0.3, -0.25) is 14.7 Å². The summed E-state index contributed by atoms with van der Waals surface area (Å²) in [7, 11) is 0. The van der Waals surface area contributed by atoms with Crippen molar-refractivity contribution in [2.45, 2.75) is 38.0 Å². The van der Waals surface area contributed by atoms with E-state index in [1.54, 1.807) is 12.3 Å². The third kappa shape index (κ3) is 4.09. The van der Waals surface area contributed by atoms with Crippen LogP contribution in [0.1, 0.15) is 24.0 Å². The molecule has 2 atom stereocenters. The van der Waals surface area contributed by atoms with Gasteiger partial charge in [-0.2, -0.15) is 0 Å². The van der Waals surface area contributed by atoms with E-state index in [1.807, 2.05) is 23.1 Å². The number of carbonyl (C=O) groups excluding carboxylic acids is 1. The first-order valence-electron chi connectivity index (χ1n) is 9.17. The summed E-state index contributed by atoms with van der Waals surface area (Å²) in [6.45, 7) is 1.58. The second kappa shape index (κ2) is 7.62. The number of aryl methyl sites for hydroxylation is 1. The van der Waals surface area contributed by atoms with Crippen LogP contribution in [0.2, 0.25) is 0 Å². The fraction of sp³-hybridized carbons (Fsp3) is 0.400. The van der Waals surface area contributed by atoms with Gasteiger partial charge in [-0.15, -0.1) is 0 Å². The van der Waals surface area contributed by atoms with Gasteiger partial charge >= 0.3 is 0 Å². The van der Waals surface area contributed by atoms with E-state index >= 15 is 0 Å². The van der Waals surface area contributed by atoms with Crippen molar-refractivity contribution in [3.63, 3.8) is 0 Å². The van der Waals surface area contributed by atoms with Gasteiger partial charge in [-0.25, -0.2) is 4.39 Å². The van der Waals surface area contributed by atoms with Gasteiger partial charge in [0.15, 0.2) is 0 Å². The number of ether oxygens (including phenoxy) is 1. The number of nitrogens with zero attached hydrogens (tertiary/aromatic N) is 2. The van der Waals surface area contributed by atoms with Gasteiger partial charge < -0.3 is 15.2 Å². The van der Waals surface area contributed by atoms with Crippen LogP contribution in [0.5, 0.6) is 5.75 Å². The lowest BCUT2D eigenvalue weighted by molar-refractivity contribution is -0.116. The highest BCUT2D eigenvalue weighted by Crippen LogP contribution is 2.28. The molecule has 142 valence electrons. The van der Waals surface area contributed by atoms with E-state index in [2.05, 4.69) is 10.3 Å². The summed E-state index contributed by atoms with van der Waals surface area (Å²) in [5.41, 5.74) is 2.45. The predicted octanol–water partition coefficient (Wildman–Crippen LogP) is 2.12. The molecule has 0 saturated carbocycles. The van der Waals surface area contributed by atoms with E-state index in [-0.39, 0.29) is 17.8 Å². The number of benzene rings is 1. The molecule has 4 rings (SSSR count). The van der Waals surface area contributed by atoms with E-state index in [1.165, 1.54) is 6.20 Å². The normalized spacial score (nSPS) is 22.8. The summed E-state index contributed by atoms with van der Waals surface area (Å²) >= 11 is 0. The Morgan fingerprint density at radius 1 is 1.33 bits per heavy atom. The van der Waals surface area contributed by atoms with E-state index in [4.69, 9.17) is 4.74 Å². The van der Waals surface area contributed by atoms with Crippen LogP contribution in [0.25, 0.3) is 0 Å². The average Bonchev–Trinajstić information content (AvgIpc) is 2.66. The van der Waals surface area contributed by atoms with Crippen LogP contribution in [-0.2, 0) is 17.8 Å². The Morgan fingerprint density at radius 3 is 3.04 bits per heavy atom. The number of halogens is 1. The quantitative estimate of drug-likeness (QED) is 0.861. The number of aliphatic hydroxyl groups is 1. The monoisotopic (exact) mass is 371 g/mol. The van der Waals surface area contributed by atoms with Crippen molar-refractivity contribution in [1.29, 1.82) is 0 Å². The molecule has 2 aromatic rings. The molecule has 7 heteroatoms. The zero-order valence-electron chi connectivity index (χ0n) is 14.9. The fourth-order valence-electron chi connectivity index (χ4n) is 3.64. The highest BCUT2D eigenvalue weighted by Gasteiger charge is 2.30. The maximum absolute atomic E-state index is 13.8. The number of fused-ring (bicyclic) bond motifs is 1. The third-order valence-electron chi connectivity index (χ3n) is 5.11. The molecule has 2 N–H and O–H groups in total. The Hall–Kier alpha value is -2.51. The third-order valence-corrected chi connectivity index (χ3v) is 5.11. The number of β-amino-alcohol motifs (C(OH)–C–C–N with tert-alkyl or cyclic N) is 1. The Labute approximate surface area is 157 Å². The number of amides is 1. The van der Waals surface area contributed by atoms with Crippen molar-refractivity contribution < 1.29 is 19.0 Å². The molecule has 1 aromatic heterocycles. The van der Waals surface area contributed by atoms with E-state index in [9.17, 15) is 14.3 Å². The van der Waals surface area contributed by atoms with Gasteiger partial charge in [0.2, 0.25) is 5.91 Å². The van der Waals surface area contributed by atoms with Crippen molar-refractivity contribution in [3.8, 4) is 5.75 Å². The Morgan fingerprint density at radius 2 is 2.22 bits per heavy atom. The summed E-state index contributed by atoms with van der Waals surface area (Å²) in [6.07, 6.45) is 3.64. The number of aromatic nitrogens is 1. The van der Waals surface area contributed by atoms with Crippen LogP contribution >= 0.6 is 0 Å². The molecule has 0 unspecified atom stereocenters. The van der Waals surface area contributed by atoms with E-state index < -0.39 is 6.10 Å². The molecule has 0 spiro atoms.